The Labute approximate surface area is 176 Å². The van der Waals surface area contributed by atoms with Crippen molar-refractivity contribution >= 4 is 15.9 Å². The van der Waals surface area contributed by atoms with E-state index in [1.54, 1.807) is 0 Å². The Morgan fingerprint density at radius 2 is 1.93 bits per heavy atom. The highest BCUT2D eigenvalue weighted by Gasteiger charge is 2.29. The second kappa shape index (κ2) is 9.30. The molecule has 0 spiro atoms. The van der Waals surface area contributed by atoms with Crippen LogP contribution in [-0.2, 0) is 9.84 Å². The summed E-state index contributed by atoms with van der Waals surface area (Å²) in [4.78, 5) is 7.46. The van der Waals surface area contributed by atoms with Crippen molar-refractivity contribution in [3.05, 3.63) is 29.8 Å². The fraction of sp³-hybridized carbons (Fsp3) is 0.600. The van der Waals surface area contributed by atoms with Gasteiger partial charge in [0, 0.05) is 37.4 Å². The van der Waals surface area contributed by atoms with Crippen molar-refractivity contribution in [2.45, 2.75) is 44.0 Å². The number of nitrogens with one attached hydrogen (secondary N) is 1. The number of rotatable bonds is 8. The van der Waals surface area contributed by atoms with E-state index in [4.69, 9.17) is 9.26 Å². The van der Waals surface area contributed by atoms with Crippen LogP contribution in [0.2, 0.25) is 0 Å². The molecule has 1 aliphatic rings. The lowest BCUT2D eigenvalue weighted by molar-refractivity contribution is -0.383. The molecule has 1 fully saturated rings. The minimum Gasteiger partial charge on any atom is -0.493 e. The van der Waals surface area contributed by atoms with Gasteiger partial charge in [-0.25, -0.2) is 22.3 Å². The van der Waals surface area contributed by atoms with Gasteiger partial charge in [0.2, 0.25) is 0 Å². The highest BCUT2D eigenvalue weighted by Crippen LogP contribution is 2.21. The van der Waals surface area contributed by atoms with Crippen LogP contribution in [0, 0.1) is 5.82 Å². The highest BCUT2D eigenvalue weighted by molar-refractivity contribution is 7.90. The molecule has 0 amide bonds. The fourth-order valence-electron chi connectivity index (χ4n) is 3.40. The molecule has 8 nitrogen and oxygen atoms in total. The van der Waals surface area contributed by atoms with Crippen LogP contribution in [0.3, 0.4) is 0 Å². The molecule has 2 aromatic rings. The van der Waals surface area contributed by atoms with Gasteiger partial charge in [-0.1, -0.05) is 13.8 Å². The topological polar surface area (TPSA) is 90.0 Å². The van der Waals surface area contributed by atoms with Crippen molar-refractivity contribution in [3.63, 3.8) is 0 Å². The first-order valence-electron chi connectivity index (χ1n) is 10.2. The second-order valence-electron chi connectivity index (χ2n) is 8.03. The van der Waals surface area contributed by atoms with Crippen LogP contribution in [0.25, 0.3) is 0 Å². The third-order valence-corrected chi connectivity index (χ3v) is 6.47. The van der Waals surface area contributed by atoms with Gasteiger partial charge in [0.25, 0.3) is 5.82 Å². The van der Waals surface area contributed by atoms with Gasteiger partial charge >= 0.3 is 6.01 Å². The number of aromatic nitrogens is 2. The minimum atomic E-state index is -3.58. The van der Waals surface area contributed by atoms with Gasteiger partial charge in [0.15, 0.2) is 9.84 Å². The smallest absolute Gasteiger partial charge is 0.435 e. The lowest BCUT2D eigenvalue weighted by Crippen LogP contribution is -2.50. The number of halogens is 1. The van der Waals surface area contributed by atoms with Crippen molar-refractivity contribution in [2.24, 2.45) is 0 Å². The molecule has 0 aliphatic carbocycles. The number of hydrogen-bond donors (Lipinski definition) is 0. The lowest BCUT2D eigenvalue weighted by Gasteiger charge is -2.34. The Hall–Kier alpha value is -2.20. The van der Waals surface area contributed by atoms with Gasteiger partial charge in [0.05, 0.1) is 24.9 Å². The van der Waals surface area contributed by atoms with Gasteiger partial charge in [-0.05, 0) is 25.5 Å². The molecule has 1 aromatic carbocycles. The van der Waals surface area contributed by atoms with E-state index < -0.39 is 15.7 Å². The number of nitrogens with zero attached hydrogens (tertiary/aromatic N) is 3. The molecule has 1 atom stereocenters. The molecule has 1 unspecified atom stereocenters. The molecule has 0 saturated carbocycles. The normalized spacial score (nSPS) is 16.8. The molecule has 166 valence electrons. The Kier molecular flexibility index (Phi) is 6.97. The van der Waals surface area contributed by atoms with Gasteiger partial charge in [-0.2, -0.15) is 0 Å². The van der Waals surface area contributed by atoms with Crippen LogP contribution >= 0.6 is 0 Å². The average molecular weight is 442 g/mol. The van der Waals surface area contributed by atoms with E-state index >= 15 is 0 Å². The molecule has 3 rings (SSSR count). The maximum atomic E-state index is 14.0. The van der Waals surface area contributed by atoms with E-state index in [0.29, 0.717) is 30.3 Å². The van der Waals surface area contributed by atoms with E-state index in [2.05, 4.69) is 40.7 Å². The molecule has 30 heavy (non-hydrogen) atoms. The molecule has 1 aliphatic heterocycles. The summed E-state index contributed by atoms with van der Waals surface area (Å²) in [5.74, 6) is 0.682. The summed E-state index contributed by atoms with van der Waals surface area (Å²) in [6, 6.07) is 4.86. The largest absolute Gasteiger partial charge is 0.493 e. The van der Waals surface area contributed by atoms with Crippen LogP contribution in [0.4, 0.5) is 10.4 Å². The van der Waals surface area contributed by atoms with E-state index in [-0.39, 0.29) is 4.90 Å². The molecule has 2 heterocycles. The third kappa shape index (κ3) is 5.48. The zero-order valence-corrected chi connectivity index (χ0v) is 18.7. The van der Waals surface area contributed by atoms with Crippen molar-refractivity contribution in [1.82, 2.24) is 10.1 Å². The number of aromatic amines is 1. The number of H-pyrrole nitrogens is 1. The summed E-state index contributed by atoms with van der Waals surface area (Å²) >= 11 is 0. The first kappa shape index (κ1) is 22.5. The summed E-state index contributed by atoms with van der Waals surface area (Å²) in [6.45, 7) is 10.2. The maximum Gasteiger partial charge on any atom is 0.435 e. The first-order chi connectivity index (χ1) is 14.1. The SMILES string of the molecule is CC(C)c1noc(N2CCN(C(C)CCOc3ccc(S(C)(=O)=O)c(F)c3)CC2)[nH+]1. The highest BCUT2D eigenvalue weighted by atomic mass is 32.2. The van der Waals surface area contributed by atoms with Crippen LogP contribution in [0.5, 0.6) is 5.75 Å². The zero-order chi connectivity index (χ0) is 21.9. The summed E-state index contributed by atoms with van der Waals surface area (Å²) < 4.78 is 48.0. The van der Waals surface area contributed by atoms with Gasteiger partial charge in [0.1, 0.15) is 16.5 Å². The Bertz CT molecular complexity index is 955. The maximum absolute atomic E-state index is 14.0. The number of anilines is 1. The number of ether oxygens (including phenoxy) is 1. The lowest BCUT2D eigenvalue weighted by atomic mass is 10.2. The second-order valence-corrected chi connectivity index (χ2v) is 10.0. The van der Waals surface area contributed by atoms with E-state index in [1.807, 2.05) is 0 Å². The van der Waals surface area contributed by atoms with Crippen LogP contribution in [-0.4, -0.2) is 63.6 Å². The molecular weight excluding hydrogens is 411 g/mol. The summed E-state index contributed by atoms with van der Waals surface area (Å²) in [7, 11) is -3.58. The Morgan fingerprint density at radius 1 is 1.23 bits per heavy atom. The predicted octanol–water partition coefficient (Wildman–Crippen LogP) is 2.13. The molecular formula is C20H30FN4O4S+. The monoisotopic (exact) mass is 441 g/mol. The Morgan fingerprint density at radius 3 is 2.50 bits per heavy atom. The van der Waals surface area contributed by atoms with Crippen LogP contribution in [0.15, 0.2) is 27.6 Å². The number of benzene rings is 1. The number of sulfone groups is 1. The molecule has 10 heteroatoms. The first-order valence-corrected chi connectivity index (χ1v) is 12.0. The van der Waals surface area contributed by atoms with Crippen LogP contribution < -0.4 is 14.6 Å². The van der Waals surface area contributed by atoms with E-state index in [0.717, 1.165) is 50.7 Å². The number of hydrogen-bond acceptors (Lipinski definition) is 7. The van der Waals surface area contributed by atoms with Gasteiger partial charge in [-0.15, -0.1) is 0 Å². The summed E-state index contributed by atoms with van der Waals surface area (Å²) in [6.07, 6.45) is 1.76. The predicted molar refractivity (Wildman–Crippen MR) is 110 cm³/mol. The molecule has 1 N–H and O–H groups in total. The van der Waals surface area contributed by atoms with Crippen molar-refractivity contribution < 1.29 is 27.1 Å². The van der Waals surface area contributed by atoms with E-state index in [9.17, 15) is 12.8 Å². The van der Waals surface area contributed by atoms with E-state index in [1.165, 1.54) is 12.1 Å². The number of piperazine rings is 1. The van der Waals surface area contributed by atoms with Gasteiger partial charge in [-0.3, -0.25) is 9.80 Å². The average Bonchev–Trinajstić information content (AvgIpc) is 3.18. The van der Waals surface area contributed by atoms with Gasteiger partial charge < -0.3 is 4.74 Å². The minimum absolute atomic E-state index is 0.292. The Balaban J connectivity index is 1.45. The molecule has 1 saturated heterocycles. The van der Waals surface area contributed by atoms with Crippen molar-refractivity contribution in [1.29, 1.82) is 0 Å². The molecule has 0 bridgehead atoms. The molecule has 1 aromatic heterocycles. The summed E-state index contributed by atoms with van der Waals surface area (Å²) in [5.41, 5.74) is 0. The third-order valence-electron chi connectivity index (χ3n) is 5.34. The van der Waals surface area contributed by atoms with Crippen molar-refractivity contribution in [2.75, 3.05) is 43.9 Å². The quantitative estimate of drug-likeness (QED) is 0.620. The van der Waals surface area contributed by atoms with Crippen LogP contribution in [0.1, 0.15) is 38.9 Å². The fourth-order valence-corrected chi connectivity index (χ4v) is 4.13. The zero-order valence-electron chi connectivity index (χ0n) is 17.9. The summed E-state index contributed by atoms with van der Waals surface area (Å²) in [5, 5.41) is 4.08. The van der Waals surface area contributed by atoms with Crippen molar-refractivity contribution in [3.8, 4) is 5.75 Å². The standard InChI is InChI=1S/C20H29FN4O4S/c1-14(2)19-22-20(29-23-19)25-10-8-24(9-11-25)15(3)7-12-28-16-5-6-18(17(21)13-16)30(4,26)27/h5-6,13-15H,7-12H2,1-4H3/p+1. The molecule has 0 radical (unpaired) electrons.